The highest BCUT2D eigenvalue weighted by Crippen LogP contribution is 2.51. The van der Waals surface area contributed by atoms with Gasteiger partial charge in [-0.1, -0.05) is 18.2 Å². The number of para-hydroxylation sites is 1. The van der Waals surface area contributed by atoms with Crippen molar-refractivity contribution in [3.8, 4) is 5.75 Å². The number of hydrogen-bond donors (Lipinski definition) is 0. The standard InChI is InChI=1S/C20H23N3O2/c1-25-19-5-3-2-4-16(19)17-14-18(17)20(24)23-12-10-22(11-13-23)15-6-8-21-9-7-15/h2-9,17-18H,10-14H2,1H3. The molecule has 1 amide bonds. The molecular weight excluding hydrogens is 314 g/mol. The highest BCUT2D eigenvalue weighted by molar-refractivity contribution is 5.83. The number of aromatic nitrogens is 1. The van der Waals surface area contributed by atoms with Crippen LogP contribution >= 0.6 is 0 Å². The molecule has 0 spiro atoms. The summed E-state index contributed by atoms with van der Waals surface area (Å²) < 4.78 is 5.45. The third-order valence-electron chi connectivity index (χ3n) is 5.27. The number of carbonyl (C=O) groups excluding carboxylic acids is 1. The van der Waals surface area contributed by atoms with E-state index < -0.39 is 0 Å². The first-order valence-electron chi connectivity index (χ1n) is 8.84. The fourth-order valence-electron chi connectivity index (χ4n) is 3.76. The van der Waals surface area contributed by atoms with Crippen LogP contribution in [0, 0.1) is 5.92 Å². The molecule has 1 aliphatic heterocycles. The Morgan fingerprint density at radius 1 is 1.08 bits per heavy atom. The van der Waals surface area contributed by atoms with Gasteiger partial charge >= 0.3 is 0 Å². The Bertz CT molecular complexity index is 742. The summed E-state index contributed by atoms with van der Waals surface area (Å²) >= 11 is 0. The molecule has 2 aliphatic rings. The minimum Gasteiger partial charge on any atom is -0.496 e. The average molecular weight is 337 g/mol. The molecule has 1 aromatic carbocycles. The van der Waals surface area contributed by atoms with Crippen molar-refractivity contribution in [3.63, 3.8) is 0 Å². The lowest BCUT2D eigenvalue weighted by Gasteiger charge is -2.36. The average Bonchev–Trinajstić information content (AvgIpc) is 3.49. The predicted octanol–water partition coefficient (Wildman–Crippen LogP) is 2.54. The molecule has 2 atom stereocenters. The molecule has 0 N–H and O–H groups in total. The van der Waals surface area contributed by atoms with Gasteiger partial charge in [0.25, 0.3) is 0 Å². The number of anilines is 1. The van der Waals surface area contributed by atoms with E-state index in [-0.39, 0.29) is 5.92 Å². The molecule has 0 bridgehead atoms. The molecule has 2 fully saturated rings. The number of rotatable bonds is 4. The Hall–Kier alpha value is -2.56. The van der Waals surface area contributed by atoms with Gasteiger partial charge in [0.15, 0.2) is 0 Å². The summed E-state index contributed by atoms with van der Waals surface area (Å²) in [5.41, 5.74) is 2.35. The Kier molecular flexibility index (Phi) is 4.30. The van der Waals surface area contributed by atoms with Crippen LogP contribution in [0.1, 0.15) is 17.9 Å². The number of pyridine rings is 1. The molecule has 25 heavy (non-hydrogen) atoms. The summed E-state index contributed by atoms with van der Waals surface area (Å²) in [4.78, 5) is 21.2. The van der Waals surface area contributed by atoms with Crippen LogP contribution in [0.15, 0.2) is 48.8 Å². The summed E-state index contributed by atoms with van der Waals surface area (Å²) in [5, 5.41) is 0. The maximum Gasteiger partial charge on any atom is 0.226 e. The smallest absolute Gasteiger partial charge is 0.226 e. The quantitative estimate of drug-likeness (QED) is 0.860. The van der Waals surface area contributed by atoms with E-state index in [2.05, 4.69) is 16.0 Å². The van der Waals surface area contributed by atoms with Gasteiger partial charge in [-0.05, 0) is 36.1 Å². The van der Waals surface area contributed by atoms with Gasteiger partial charge in [-0.25, -0.2) is 0 Å². The Balaban J connectivity index is 1.36. The number of hydrogen-bond acceptors (Lipinski definition) is 4. The molecular formula is C20H23N3O2. The van der Waals surface area contributed by atoms with Gasteiger partial charge < -0.3 is 14.5 Å². The summed E-state index contributed by atoms with van der Waals surface area (Å²) in [6.07, 6.45) is 4.56. The molecule has 4 rings (SSSR count). The van der Waals surface area contributed by atoms with Crippen molar-refractivity contribution in [1.82, 2.24) is 9.88 Å². The molecule has 2 aromatic rings. The summed E-state index contributed by atoms with van der Waals surface area (Å²) in [6.45, 7) is 3.33. The highest BCUT2D eigenvalue weighted by atomic mass is 16.5. The van der Waals surface area contributed by atoms with E-state index in [0.717, 1.165) is 38.3 Å². The number of carbonyl (C=O) groups is 1. The molecule has 1 aliphatic carbocycles. The zero-order valence-electron chi connectivity index (χ0n) is 14.5. The molecule has 1 saturated carbocycles. The van der Waals surface area contributed by atoms with Gasteiger partial charge in [0.05, 0.1) is 7.11 Å². The van der Waals surface area contributed by atoms with Crippen molar-refractivity contribution in [2.24, 2.45) is 5.92 Å². The van der Waals surface area contributed by atoms with Crippen molar-refractivity contribution >= 4 is 11.6 Å². The molecule has 1 aromatic heterocycles. The zero-order valence-corrected chi connectivity index (χ0v) is 14.5. The third-order valence-corrected chi connectivity index (χ3v) is 5.27. The SMILES string of the molecule is COc1ccccc1C1CC1C(=O)N1CCN(c2ccncc2)CC1. The van der Waals surface area contributed by atoms with Gasteiger partial charge in [0, 0.05) is 50.2 Å². The Morgan fingerprint density at radius 3 is 2.52 bits per heavy atom. The molecule has 5 heteroatoms. The van der Waals surface area contributed by atoms with Crippen LogP contribution in [0.5, 0.6) is 5.75 Å². The predicted molar refractivity (Wildman–Crippen MR) is 96.9 cm³/mol. The molecule has 1 saturated heterocycles. The second kappa shape index (κ2) is 6.75. The fourth-order valence-corrected chi connectivity index (χ4v) is 3.76. The van der Waals surface area contributed by atoms with Crippen molar-refractivity contribution in [1.29, 1.82) is 0 Å². The summed E-state index contributed by atoms with van der Waals surface area (Å²) in [5.74, 6) is 1.61. The van der Waals surface area contributed by atoms with Crippen molar-refractivity contribution in [2.45, 2.75) is 12.3 Å². The van der Waals surface area contributed by atoms with Crippen molar-refractivity contribution in [3.05, 3.63) is 54.4 Å². The molecule has 130 valence electrons. The minimum atomic E-state index is 0.115. The van der Waals surface area contributed by atoms with E-state index in [9.17, 15) is 4.79 Å². The van der Waals surface area contributed by atoms with Gasteiger partial charge in [-0.15, -0.1) is 0 Å². The van der Waals surface area contributed by atoms with Crippen molar-refractivity contribution in [2.75, 3.05) is 38.2 Å². The number of methoxy groups -OCH3 is 1. The van der Waals surface area contributed by atoms with Crippen LogP contribution in [0.4, 0.5) is 5.69 Å². The van der Waals surface area contributed by atoms with E-state index in [1.165, 1.54) is 11.3 Å². The third kappa shape index (κ3) is 3.18. The van der Waals surface area contributed by atoms with E-state index in [1.54, 1.807) is 7.11 Å². The second-order valence-corrected chi connectivity index (χ2v) is 6.71. The maximum atomic E-state index is 12.8. The normalized spacial score (nSPS) is 22.6. The number of nitrogens with zero attached hydrogens (tertiary/aromatic N) is 3. The maximum absolute atomic E-state index is 12.8. The van der Waals surface area contributed by atoms with E-state index >= 15 is 0 Å². The van der Waals surface area contributed by atoms with Crippen molar-refractivity contribution < 1.29 is 9.53 Å². The van der Waals surface area contributed by atoms with Crippen LogP contribution in [0.3, 0.4) is 0 Å². The van der Waals surface area contributed by atoms with Crippen LogP contribution in [-0.4, -0.2) is 49.1 Å². The van der Waals surface area contributed by atoms with E-state index in [0.29, 0.717) is 11.8 Å². The molecule has 2 unspecified atom stereocenters. The summed E-state index contributed by atoms with van der Waals surface area (Å²) in [7, 11) is 1.69. The first-order valence-corrected chi connectivity index (χ1v) is 8.84. The topological polar surface area (TPSA) is 45.7 Å². The number of benzene rings is 1. The Morgan fingerprint density at radius 2 is 1.80 bits per heavy atom. The number of ether oxygens (including phenoxy) is 1. The molecule has 0 radical (unpaired) electrons. The molecule has 5 nitrogen and oxygen atoms in total. The molecule has 2 heterocycles. The van der Waals surface area contributed by atoms with Gasteiger partial charge in [0.1, 0.15) is 5.75 Å². The highest BCUT2D eigenvalue weighted by Gasteiger charge is 2.47. The second-order valence-electron chi connectivity index (χ2n) is 6.71. The first-order chi connectivity index (χ1) is 12.3. The lowest BCUT2D eigenvalue weighted by atomic mass is 10.1. The van der Waals surface area contributed by atoms with Crippen LogP contribution < -0.4 is 9.64 Å². The monoisotopic (exact) mass is 337 g/mol. The number of amides is 1. The van der Waals surface area contributed by atoms with Gasteiger partial charge in [-0.3, -0.25) is 9.78 Å². The Labute approximate surface area is 148 Å². The lowest BCUT2D eigenvalue weighted by Crippen LogP contribution is -2.49. The van der Waals surface area contributed by atoms with Gasteiger partial charge in [-0.2, -0.15) is 0 Å². The zero-order chi connectivity index (χ0) is 17.2. The van der Waals surface area contributed by atoms with E-state index in [1.807, 2.05) is 47.6 Å². The first kappa shape index (κ1) is 15.9. The van der Waals surface area contributed by atoms with Crippen LogP contribution in [0.2, 0.25) is 0 Å². The number of piperazine rings is 1. The van der Waals surface area contributed by atoms with E-state index in [4.69, 9.17) is 4.74 Å². The summed E-state index contributed by atoms with van der Waals surface area (Å²) in [6, 6.07) is 12.1. The fraction of sp³-hybridized carbons (Fsp3) is 0.400. The van der Waals surface area contributed by atoms with Crippen LogP contribution in [0.25, 0.3) is 0 Å². The van der Waals surface area contributed by atoms with Gasteiger partial charge in [0.2, 0.25) is 5.91 Å². The minimum absolute atomic E-state index is 0.115. The van der Waals surface area contributed by atoms with Crippen LogP contribution in [-0.2, 0) is 4.79 Å². The lowest BCUT2D eigenvalue weighted by molar-refractivity contribution is -0.132. The largest absolute Gasteiger partial charge is 0.496 e.